The highest BCUT2D eigenvalue weighted by Gasteiger charge is 2.10. The van der Waals surface area contributed by atoms with Crippen LogP contribution in [0.5, 0.6) is 5.75 Å². The molecule has 1 N–H and O–H groups in total. The van der Waals surface area contributed by atoms with Crippen molar-refractivity contribution >= 4 is 22.9 Å². The van der Waals surface area contributed by atoms with Crippen molar-refractivity contribution < 1.29 is 9.53 Å². The molecule has 0 atom stereocenters. The number of amides is 1. The molecule has 0 aliphatic carbocycles. The van der Waals surface area contributed by atoms with Gasteiger partial charge in [-0.2, -0.15) is 0 Å². The van der Waals surface area contributed by atoms with Gasteiger partial charge in [0.15, 0.2) is 6.61 Å². The third-order valence-electron chi connectivity index (χ3n) is 4.09. The molecule has 4 nitrogen and oxygen atoms in total. The third kappa shape index (κ3) is 4.29. The first-order valence-electron chi connectivity index (χ1n) is 8.60. The van der Waals surface area contributed by atoms with Crippen LogP contribution < -0.4 is 10.1 Å². The quantitative estimate of drug-likeness (QED) is 0.667. The number of anilines is 1. The van der Waals surface area contributed by atoms with E-state index in [-0.39, 0.29) is 12.5 Å². The second-order valence-corrected chi connectivity index (χ2v) is 6.98. The molecule has 1 heterocycles. The van der Waals surface area contributed by atoms with E-state index < -0.39 is 0 Å². The highest BCUT2D eigenvalue weighted by molar-refractivity contribution is 7.13. The molecule has 0 fully saturated rings. The van der Waals surface area contributed by atoms with E-state index in [0.29, 0.717) is 5.75 Å². The van der Waals surface area contributed by atoms with Crippen LogP contribution in [0, 0.1) is 13.8 Å². The summed E-state index contributed by atoms with van der Waals surface area (Å²) in [5.41, 5.74) is 5.14. The van der Waals surface area contributed by atoms with Crippen molar-refractivity contribution in [2.45, 2.75) is 27.2 Å². The number of para-hydroxylation sites is 1. The van der Waals surface area contributed by atoms with Crippen molar-refractivity contribution in [1.29, 1.82) is 0 Å². The molecule has 0 spiro atoms. The maximum absolute atomic E-state index is 12.3. The van der Waals surface area contributed by atoms with Crippen LogP contribution in [-0.2, 0) is 11.2 Å². The van der Waals surface area contributed by atoms with Gasteiger partial charge in [0.05, 0.1) is 0 Å². The van der Waals surface area contributed by atoms with Gasteiger partial charge in [0.25, 0.3) is 5.91 Å². The van der Waals surface area contributed by atoms with Gasteiger partial charge in [0.2, 0.25) is 0 Å². The molecule has 26 heavy (non-hydrogen) atoms. The number of benzene rings is 2. The Morgan fingerprint density at radius 2 is 1.92 bits per heavy atom. The summed E-state index contributed by atoms with van der Waals surface area (Å²) in [5.74, 6) is 0.506. The lowest BCUT2D eigenvalue weighted by atomic mass is 10.1. The zero-order valence-electron chi connectivity index (χ0n) is 15.2. The second kappa shape index (κ2) is 8.15. The summed E-state index contributed by atoms with van der Waals surface area (Å²) in [4.78, 5) is 16.7. The van der Waals surface area contributed by atoms with Crippen molar-refractivity contribution in [2.75, 3.05) is 11.9 Å². The number of nitrogens with one attached hydrogen (secondary N) is 1. The van der Waals surface area contributed by atoms with Crippen LogP contribution in [0.3, 0.4) is 0 Å². The van der Waals surface area contributed by atoms with E-state index in [2.05, 4.69) is 17.2 Å². The number of aryl methyl sites for hydroxylation is 3. The van der Waals surface area contributed by atoms with Crippen LogP contribution in [-0.4, -0.2) is 17.5 Å². The Morgan fingerprint density at radius 1 is 1.15 bits per heavy atom. The lowest BCUT2D eigenvalue weighted by Crippen LogP contribution is -2.21. The van der Waals surface area contributed by atoms with Gasteiger partial charge >= 0.3 is 0 Å². The summed E-state index contributed by atoms with van der Waals surface area (Å²) >= 11 is 1.62. The Labute approximate surface area is 157 Å². The monoisotopic (exact) mass is 366 g/mol. The topological polar surface area (TPSA) is 51.2 Å². The molecule has 0 unspecified atom stereocenters. The van der Waals surface area contributed by atoms with E-state index in [4.69, 9.17) is 4.74 Å². The number of carbonyl (C=O) groups excluding carboxylic acids is 1. The van der Waals surface area contributed by atoms with E-state index in [0.717, 1.165) is 39.5 Å². The number of rotatable bonds is 6. The van der Waals surface area contributed by atoms with E-state index in [1.807, 2.05) is 61.7 Å². The predicted octanol–water partition coefficient (Wildman–Crippen LogP) is 5.01. The number of ether oxygens (including phenoxy) is 1. The molecule has 2 aromatic carbocycles. The van der Waals surface area contributed by atoms with Gasteiger partial charge in [-0.05, 0) is 55.7 Å². The van der Waals surface area contributed by atoms with Gasteiger partial charge in [0, 0.05) is 22.3 Å². The fourth-order valence-corrected chi connectivity index (χ4v) is 3.51. The minimum Gasteiger partial charge on any atom is -0.484 e. The fraction of sp³-hybridized carbons (Fsp3) is 0.238. The molecule has 5 heteroatoms. The van der Waals surface area contributed by atoms with Crippen molar-refractivity contribution in [1.82, 2.24) is 4.98 Å². The van der Waals surface area contributed by atoms with Crippen LogP contribution in [0.1, 0.15) is 23.7 Å². The summed E-state index contributed by atoms with van der Waals surface area (Å²) in [5, 5.41) is 5.98. The van der Waals surface area contributed by atoms with Crippen LogP contribution in [0.25, 0.3) is 10.6 Å². The maximum Gasteiger partial charge on any atom is 0.262 e. The summed E-state index contributed by atoms with van der Waals surface area (Å²) in [6, 6.07) is 13.7. The zero-order chi connectivity index (χ0) is 18.5. The van der Waals surface area contributed by atoms with Crippen LogP contribution >= 0.6 is 11.3 Å². The van der Waals surface area contributed by atoms with Gasteiger partial charge in [-0.3, -0.25) is 4.79 Å². The SMILES string of the molecule is CCc1cccc(C)c1NC(=O)COc1ccc(-c2nc(C)cs2)cc1. The van der Waals surface area contributed by atoms with Crippen molar-refractivity contribution in [3.05, 3.63) is 64.7 Å². The minimum atomic E-state index is -0.159. The second-order valence-electron chi connectivity index (χ2n) is 6.12. The largest absolute Gasteiger partial charge is 0.484 e. The number of thiazole rings is 1. The smallest absolute Gasteiger partial charge is 0.262 e. The van der Waals surface area contributed by atoms with Crippen LogP contribution in [0.15, 0.2) is 47.8 Å². The van der Waals surface area contributed by atoms with Gasteiger partial charge < -0.3 is 10.1 Å². The molecule has 0 saturated heterocycles. The average molecular weight is 366 g/mol. The summed E-state index contributed by atoms with van der Waals surface area (Å²) < 4.78 is 5.62. The fourth-order valence-electron chi connectivity index (χ4n) is 2.71. The summed E-state index contributed by atoms with van der Waals surface area (Å²) in [7, 11) is 0. The lowest BCUT2D eigenvalue weighted by molar-refractivity contribution is -0.118. The summed E-state index contributed by atoms with van der Waals surface area (Å²) in [6.45, 7) is 6.03. The van der Waals surface area contributed by atoms with Gasteiger partial charge in [-0.15, -0.1) is 11.3 Å². The van der Waals surface area contributed by atoms with Crippen molar-refractivity contribution in [3.63, 3.8) is 0 Å². The molecule has 0 aliphatic rings. The molecule has 0 aliphatic heterocycles. The van der Waals surface area contributed by atoms with Crippen LogP contribution in [0.2, 0.25) is 0 Å². The third-order valence-corrected chi connectivity index (χ3v) is 5.10. The molecule has 134 valence electrons. The standard InChI is InChI=1S/C21H22N2O2S/c1-4-16-7-5-6-14(2)20(16)23-19(24)12-25-18-10-8-17(9-11-18)21-22-15(3)13-26-21/h5-11,13H,4,12H2,1-3H3,(H,23,24). The zero-order valence-corrected chi connectivity index (χ0v) is 16.0. The molecule has 0 radical (unpaired) electrons. The van der Waals surface area contributed by atoms with E-state index in [1.165, 1.54) is 0 Å². The highest BCUT2D eigenvalue weighted by atomic mass is 32.1. The number of aromatic nitrogens is 1. The van der Waals surface area contributed by atoms with Gasteiger partial charge in [-0.1, -0.05) is 25.1 Å². The molecule has 0 bridgehead atoms. The van der Waals surface area contributed by atoms with E-state index in [9.17, 15) is 4.79 Å². The normalized spacial score (nSPS) is 10.6. The Bertz CT molecular complexity index is 901. The first kappa shape index (κ1) is 18.1. The highest BCUT2D eigenvalue weighted by Crippen LogP contribution is 2.25. The Balaban J connectivity index is 1.60. The Kier molecular flexibility index (Phi) is 5.68. The number of hydrogen-bond acceptors (Lipinski definition) is 4. The Morgan fingerprint density at radius 3 is 2.58 bits per heavy atom. The van der Waals surface area contributed by atoms with Crippen molar-refractivity contribution in [3.8, 4) is 16.3 Å². The number of nitrogens with zero attached hydrogens (tertiary/aromatic N) is 1. The molecule has 1 aromatic heterocycles. The molecule has 0 saturated carbocycles. The average Bonchev–Trinajstić information content (AvgIpc) is 3.08. The maximum atomic E-state index is 12.3. The molecular weight excluding hydrogens is 344 g/mol. The van der Waals surface area contributed by atoms with E-state index >= 15 is 0 Å². The molecule has 1 amide bonds. The minimum absolute atomic E-state index is 0.0206. The first-order valence-corrected chi connectivity index (χ1v) is 9.48. The van der Waals surface area contributed by atoms with Gasteiger partial charge in [-0.25, -0.2) is 4.98 Å². The van der Waals surface area contributed by atoms with E-state index in [1.54, 1.807) is 11.3 Å². The van der Waals surface area contributed by atoms with Crippen molar-refractivity contribution in [2.24, 2.45) is 0 Å². The Hall–Kier alpha value is -2.66. The van der Waals surface area contributed by atoms with Gasteiger partial charge in [0.1, 0.15) is 10.8 Å². The summed E-state index contributed by atoms with van der Waals surface area (Å²) in [6.07, 6.45) is 0.871. The lowest BCUT2D eigenvalue weighted by Gasteiger charge is -2.13. The molecule has 3 aromatic rings. The number of hydrogen-bond donors (Lipinski definition) is 1. The molecule has 3 rings (SSSR count). The number of carbonyl (C=O) groups is 1. The predicted molar refractivity (Wildman–Crippen MR) is 107 cm³/mol. The van der Waals surface area contributed by atoms with Crippen LogP contribution in [0.4, 0.5) is 5.69 Å². The molecular formula is C21H22N2O2S. The first-order chi connectivity index (χ1) is 12.6.